The van der Waals surface area contributed by atoms with Crippen molar-refractivity contribution in [2.24, 2.45) is 21.7 Å². The third-order valence-corrected chi connectivity index (χ3v) is 7.11. The van der Waals surface area contributed by atoms with E-state index in [0.717, 1.165) is 20.9 Å². The average molecular weight is 373 g/mol. The van der Waals surface area contributed by atoms with E-state index in [1.165, 1.54) is 0 Å². The minimum absolute atomic E-state index is 0.000489. The van der Waals surface area contributed by atoms with Crippen LogP contribution >= 0.6 is 11.3 Å². The van der Waals surface area contributed by atoms with Crippen LogP contribution in [0, 0.1) is 23.7 Å². The number of ether oxygens (including phenoxy) is 1. The molecule has 140 valence electrons. The summed E-state index contributed by atoms with van der Waals surface area (Å²) in [6.07, 6.45) is 0. The lowest BCUT2D eigenvalue weighted by Gasteiger charge is -2.09. The zero-order valence-corrected chi connectivity index (χ0v) is 17.3. The molecule has 0 unspecified atom stereocenters. The maximum absolute atomic E-state index is 12.9. The summed E-state index contributed by atoms with van der Waals surface area (Å²) >= 11 is 1.58. The zero-order valence-electron chi connectivity index (χ0n) is 16.5. The lowest BCUT2D eigenvalue weighted by molar-refractivity contribution is -0.120. The Morgan fingerprint density at radius 3 is 2.35 bits per heavy atom. The Labute approximate surface area is 159 Å². The van der Waals surface area contributed by atoms with Crippen LogP contribution in [0.4, 0.5) is 0 Å². The molecule has 1 heterocycles. The molecule has 0 atom stereocenters. The van der Waals surface area contributed by atoms with Gasteiger partial charge in [-0.15, -0.1) is 11.3 Å². The van der Waals surface area contributed by atoms with Gasteiger partial charge in [-0.1, -0.05) is 58.0 Å². The molecule has 1 aromatic heterocycles. The fraction of sp³-hybridized carbons (Fsp3) is 0.524. The van der Waals surface area contributed by atoms with E-state index in [-0.39, 0.29) is 22.7 Å². The monoisotopic (exact) mass is 372 g/mol. The first kappa shape index (κ1) is 19.1. The number of aryl methyl sites for hydroxylation is 1. The van der Waals surface area contributed by atoms with Gasteiger partial charge in [0.25, 0.3) is 5.91 Å². The van der Waals surface area contributed by atoms with Crippen molar-refractivity contribution in [1.82, 2.24) is 4.57 Å². The van der Waals surface area contributed by atoms with Crippen LogP contribution in [0.25, 0.3) is 11.3 Å². The first-order chi connectivity index (χ1) is 12.2. The van der Waals surface area contributed by atoms with Crippen LogP contribution in [0.15, 0.2) is 35.3 Å². The number of carbonyl (C=O) groups excluding carboxylic acids is 1. The van der Waals surface area contributed by atoms with Gasteiger partial charge in [0.05, 0.1) is 18.2 Å². The maximum Gasteiger partial charge on any atom is 0.252 e. The highest BCUT2D eigenvalue weighted by atomic mass is 32.1. The number of benzene rings is 1. The van der Waals surface area contributed by atoms with E-state index in [2.05, 4.69) is 56.3 Å². The number of carbonyl (C=O) groups is 1. The second-order valence-corrected chi connectivity index (χ2v) is 9.31. The van der Waals surface area contributed by atoms with E-state index in [4.69, 9.17) is 4.74 Å². The average Bonchev–Trinajstić information content (AvgIpc) is 2.83. The number of amides is 1. The predicted octanol–water partition coefficient (Wildman–Crippen LogP) is 4.28. The molecule has 0 N–H and O–H groups in total. The SMILES string of the molecule is COCCn1c(-c2ccccc2)c(C)sc1=NC(=O)C1C(C)(C)C1(C)C. The summed E-state index contributed by atoms with van der Waals surface area (Å²) in [6, 6.07) is 10.3. The highest BCUT2D eigenvalue weighted by Crippen LogP contribution is 2.68. The van der Waals surface area contributed by atoms with Crippen LogP contribution in [0.5, 0.6) is 0 Å². The van der Waals surface area contributed by atoms with E-state index in [0.29, 0.717) is 13.2 Å². The van der Waals surface area contributed by atoms with Gasteiger partial charge in [-0.25, -0.2) is 0 Å². The van der Waals surface area contributed by atoms with Gasteiger partial charge in [0, 0.05) is 18.5 Å². The third kappa shape index (κ3) is 3.08. The molecule has 1 amide bonds. The third-order valence-electron chi connectivity index (χ3n) is 6.12. The van der Waals surface area contributed by atoms with E-state index in [9.17, 15) is 4.79 Å². The van der Waals surface area contributed by atoms with Gasteiger partial charge in [0.1, 0.15) is 0 Å². The van der Waals surface area contributed by atoms with Crippen molar-refractivity contribution in [2.75, 3.05) is 13.7 Å². The van der Waals surface area contributed by atoms with Crippen LogP contribution in [-0.4, -0.2) is 24.2 Å². The number of thiazole rings is 1. The number of hydrogen-bond acceptors (Lipinski definition) is 3. The van der Waals surface area contributed by atoms with Gasteiger partial charge < -0.3 is 9.30 Å². The van der Waals surface area contributed by atoms with Crippen molar-refractivity contribution >= 4 is 17.2 Å². The van der Waals surface area contributed by atoms with Crippen molar-refractivity contribution in [3.8, 4) is 11.3 Å². The largest absolute Gasteiger partial charge is 0.383 e. The number of nitrogens with zero attached hydrogens (tertiary/aromatic N) is 2. The highest BCUT2D eigenvalue weighted by Gasteiger charge is 2.68. The Morgan fingerprint density at radius 1 is 1.19 bits per heavy atom. The molecule has 5 heteroatoms. The molecule has 0 radical (unpaired) electrons. The molecule has 26 heavy (non-hydrogen) atoms. The van der Waals surface area contributed by atoms with Crippen molar-refractivity contribution in [2.45, 2.75) is 41.2 Å². The first-order valence-electron chi connectivity index (χ1n) is 9.05. The molecule has 4 nitrogen and oxygen atoms in total. The minimum atomic E-state index is -0.0199. The van der Waals surface area contributed by atoms with E-state index < -0.39 is 0 Å². The molecule has 1 aromatic carbocycles. The summed E-state index contributed by atoms with van der Waals surface area (Å²) in [5.41, 5.74) is 2.26. The molecule has 0 saturated heterocycles. The standard InChI is InChI=1S/C21H28N2O2S/c1-14-16(15-10-8-7-9-11-15)23(12-13-25-6)19(26-14)22-18(24)17-20(2,3)21(17,4)5/h7-11,17H,12-13H2,1-6H3. The number of hydrogen-bond donors (Lipinski definition) is 0. The predicted molar refractivity (Wildman–Crippen MR) is 106 cm³/mol. The molecule has 1 aliphatic carbocycles. The Bertz CT molecular complexity index is 861. The number of methoxy groups -OCH3 is 1. The van der Waals surface area contributed by atoms with E-state index in [1.54, 1.807) is 18.4 Å². The molecule has 0 spiro atoms. The van der Waals surface area contributed by atoms with Crippen LogP contribution < -0.4 is 4.80 Å². The Kier molecular flexibility index (Phi) is 4.97. The van der Waals surface area contributed by atoms with Gasteiger partial charge >= 0.3 is 0 Å². The summed E-state index contributed by atoms with van der Waals surface area (Å²) in [7, 11) is 1.69. The highest BCUT2D eigenvalue weighted by molar-refractivity contribution is 7.09. The summed E-state index contributed by atoms with van der Waals surface area (Å²) in [5, 5.41) is 0. The molecule has 3 rings (SSSR count). The molecule has 0 bridgehead atoms. The molecular formula is C21H28N2O2S. The zero-order chi connectivity index (χ0) is 19.1. The Balaban J connectivity index is 2.06. The van der Waals surface area contributed by atoms with Crippen LogP contribution in [0.3, 0.4) is 0 Å². The molecule has 1 aliphatic rings. The van der Waals surface area contributed by atoms with E-state index in [1.807, 2.05) is 18.2 Å². The lowest BCUT2D eigenvalue weighted by atomic mass is 10.0. The van der Waals surface area contributed by atoms with Gasteiger partial charge in [-0.05, 0) is 23.3 Å². The van der Waals surface area contributed by atoms with Crippen molar-refractivity contribution in [3.63, 3.8) is 0 Å². The second kappa shape index (κ2) is 6.78. The van der Waals surface area contributed by atoms with Crippen molar-refractivity contribution in [1.29, 1.82) is 0 Å². The lowest BCUT2D eigenvalue weighted by Crippen LogP contribution is -2.21. The second-order valence-electron chi connectivity index (χ2n) is 8.13. The fourth-order valence-electron chi connectivity index (χ4n) is 3.93. The smallest absolute Gasteiger partial charge is 0.252 e. The molecule has 1 fully saturated rings. The first-order valence-corrected chi connectivity index (χ1v) is 9.86. The van der Waals surface area contributed by atoms with Gasteiger partial charge in [-0.3, -0.25) is 4.79 Å². The minimum Gasteiger partial charge on any atom is -0.383 e. The van der Waals surface area contributed by atoms with Gasteiger partial charge in [0.15, 0.2) is 4.80 Å². The quantitative estimate of drug-likeness (QED) is 0.786. The van der Waals surface area contributed by atoms with Crippen LogP contribution in [-0.2, 0) is 16.1 Å². The summed E-state index contributed by atoms with van der Waals surface area (Å²) in [6.45, 7) is 12.0. The molecular weight excluding hydrogens is 344 g/mol. The Hall–Kier alpha value is -1.72. The maximum atomic E-state index is 12.9. The summed E-state index contributed by atoms with van der Waals surface area (Å²) in [5.74, 6) is -0.0273. The van der Waals surface area contributed by atoms with Gasteiger partial charge in [-0.2, -0.15) is 4.99 Å². The van der Waals surface area contributed by atoms with Gasteiger partial charge in [0.2, 0.25) is 0 Å². The normalized spacial score (nSPS) is 18.9. The number of aromatic nitrogens is 1. The van der Waals surface area contributed by atoms with Crippen molar-refractivity contribution < 1.29 is 9.53 Å². The summed E-state index contributed by atoms with van der Waals surface area (Å²) < 4.78 is 7.41. The van der Waals surface area contributed by atoms with E-state index >= 15 is 0 Å². The van der Waals surface area contributed by atoms with Crippen LogP contribution in [0.2, 0.25) is 0 Å². The molecule has 2 aromatic rings. The summed E-state index contributed by atoms with van der Waals surface area (Å²) in [4.78, 5) is 19.4. The number of rotatable bonds is 5. The van der Waals surface area contributed by atoms with Crippen LogP contribution in [0.1, 0.15) is 32.6 Å². The fourth-order valence-corrected chi connectivity index (χ4v) is 4.95. The van der Waals surface area contributed by atoms with Crippen molar-refractivity contribution in [3.05, 3.63) is 40.0 Å². The Morgan fingerprint density at radius 2 is 1.81 bits per heavy atom. The topological polar surface area (TPSA) is 43.6 Å². The molecule has 1 saturated carbocycles. The molecule has 0 aliphatic heterocycles.